The summed E-state index contributed by atoms with van der Waals surface area (Å²) in [7, 11) is 6.60. The van der Waals surface area contributed by atoms with Gasteiger partial charge in [-0.25, -0.2) is 0 Å². The molecule has 0 saturated heterocycles. The molecule has 1 aliphatic carbocycles. The van der Waals surface area contributed by atoms with Crippen LogP contribution in [0.3, 0.4) is 0 Å². The fraction of sp³-hybridized carbons (Fsp3) is 0.647. The summed E-state index contributed by atoms with van der Waals surface area (Å²) in [5.41, 5.74) is 3.22. The van der Waals surface area contributed by atoms with Crippen LogP contribution in [0.15, 0.2) is 24.3 Å². The molecule has 2 rings (SSSR count). The summed E-state index contributed by atoms with van der Waals surface area (Å²) < 4.78 is 0. The molecule has 2 nitrogen and oxygen atoms in total. The van der Waals surface area contributed by atoms with Crippen molar-refractivity contribution in [3.8, 4) is 0 Å². The monoisotopic (exact) mass is 260 g/mol. The number of aryl methyl sites for hydroxylation is 1. The van der Waals surface area contributed by atoms with Gasteiger partial charge in [0, 0.05) is 11.6 Å². The van der Waals surface area contributed by atoms with E-state index >= 15 is 0 Å². The van der Waals surface area contributed by atoms with Crippen LogP contribution >= 0.6 is 0 Å². The zero-order chi connectivity index (χ0) is 13.9. The Labute approximate surface area is 118 Å². The molecule has 106 valence electrons. The highest BCUT2D eigenvalue weighted by Crippen LogP contribution is 2.37. The topological polar surface area (TPSA) is 15.3 Å². The Morgan fingerprint density at radius 3 is 2.37 bits per heavy atom. The molecule has 0 bridgehead atoms. The first kappa shape index (κ1) is 14.5. The van der Waals surface area contributed by atoms with Crippen molar-refractivity contribution >= 4 is 0 Å². The van der Waals surface area contributed by atoms with Crippen LogP contribution < -0.4 is 5.32 Å². The van der Waals surface area contributed by atoms with Crippen LogP contribution in [-0.4, -0.2) is 37.6 Å². The van der Waals surface area contributed by atoms with Gasteiger partial charge in [0.1, 0.15) is 0 Å². The summed E-state index contributed by atoms with van der Waals surface area (Å²) in [6.07, 6.45) is 6.49. The van der Waals surface area contributed by atoms with Gasteiger partial charge in [-0.3, -0.25) is 0 Å². The van der Waals surface area contributed by atoms with E-state index in [2.05, 4.69) is 62.5 Å². The average molecular weight is 260 g/mol. The number of hydrogen-bond acceptors (Lipinski definition) is 2. The summed E-state index contributed by atoms with van der Waals surface area (Å²) >= 11 is 0. The maximum atomic E-state index is 3.60. The minimum Gasteiger partial charge on any atom is -0.315 e. The molecule has 0 aliphatic heterocycles. The van der Waals surface area contributed by atoms with Gasteiger partial charge in [0.15, 0.2) is 0 Å². The van der Waals surface area contributed by atoms with Crippen molar-refractivity contribution in [3.63, 3.8) is 0 Å². The SMILES string of the molecule is CNC(Cc1ccccc1C)C1(N(C)C)CCCC1. The van der Waals surface area contributed by atoms with Crippen molar-refractivity contribution < 1.29 is 0 Å². The number of benzene rings is 1. The summed E-state index contributed by atoms with van der Waals surface area (Å²) in [6, 6.07) is 9.32. The Bertz CT molecular complexity index is 405. The molecule has 2 heteroatoms. The average Bonchev–Trinajstić information content (AvgIpc) is 2.88. The van der Waals surface area contributed by atoms with Crippen LogP contribution in [0.2, 0.25) is 0 Å². The summed E-state index contributed by atoms with van der Waals surface area (Å²) in [6.45, 7) is 2.22. The van der Waals surface area contributed by atoms with E-state index in [0.717, 1.165) is 6.42 Å². The van der Waals surface area contributed by atoms with Gasteiger partial charge in [-0.05, 0) is 58.5 Å². The Morgan fingerprint density at radius 2 is 1.84 bits per heavy atom. The van der Waals surface area contributed by atoms with E-state index in [9.17, 15) is 0 Å². The fourth-order valence-electron chi connectivity index (χ4n) is 3.71. The third-order valence-electron chi connectivity index (χ3n) is 5.04. The Hall–Kier alpha value is -0.860. The predicted molar refractivity (Wildman–Crippen MR) is 82.6 cm³/mol. The van der Waals surface area contributed by atoms with Gasteiger partial charge >= 0.3 is 0 Å². The first-order valence-electron chi connectivity index (χ1n) is 7.49. The van der Waals surface area contributed by atoms with Crippen molar-refractivity contribution in [2.45, 2.75) is 50.6 Å². The second-order valence-corrected chi connectivity index (χ2v) is 6.18. The van der Waals surface area contributed by atoms with E-state index < -0.39 is 0 Å². The third-order valence-corrected chi connectivity index (χ3v) is 5.04. The standard InChI is InChI=1S/C17H28N2/c1-14-9-5-6-10-15(14)13-16(18-2)17(19(3)4)11-7-8-12-17/h5-6,9-10,16,18H,7-8,11-13H2,1-4H3. The van der Waals surface area contributed by atoms with Crippen molar-refractivity contribution in [1.29, 1.82) is 0 Å². The zero-order valence-electron chi connectivity index (χ0n) is 12.9. The lowest BCUT2D eigenvalue weighted by Crippen LogP contribution is -2.57. The maximum absolute atomic E-state index is 3.60. The molecule has 0 amide bonds. The lowest BCUT2D eigenvalue weighted by molar-refractivity contribution is 0.108. The minimum atomic E-state index is 0.330. The lowest BCUT2D eigenvalue weighted by Gasteiger charge is -2.43. The van der Waals surface area contributed by atoms with Crippen molar-refractivity contribution in [3.05, 3.63) is 35.4 Å². The summed E-state index contributed by atoms with van der Waals surface area (Å²) in [5, 5.41) is 3.60. The van der Waals surface area contributed by atoms with Crippen LogP contribution in [-0.2, 0) is 6.42 Å². The summed E-state index contributed by atoms with van der Waals surface area (Å²) in [4.78, 5) is 2.46. The van der Waals surface area contributed by atoms with Gasteiger partial charge in [-0.15, -0.1) is 0 Å². The third kappa shape index (κ3) is 2.85. The Morgan fingerprint density at radius 1 is 1.21 bits per heavy atom. The second-order valence-electron chi connectivity index (χ2n) is 6.18. The molecular weight excluding hydrogens is 232 g/mol. The predicted octanol–water partition coefficient (Wildman–Crippen LogP) is 3.00. The molecule has 1 aliphatic rings. The first-order chi connectivity index (χ1) is 9.10. The van der Waals surface area contributed by atoms with E-state index in [1.54, 1.807) is 0 Å². The van der Waals surface area contributed by atoms with Crippen molar-refractivity contribution in [2.24, 2.45) is 0 Å². The number of nitrogens with zero attached hydrogens (tertiary/aromatic N) is 1. The van der Waals surface area contributed by atoms with Crippen LogP contribution in [0, 0.1) is 6.92 Å². The molecule has 19 heavy (non-hydrogen) atoms. The molecular formula is C17H28N2. The number of likely N-dealkylation sites (N-methyl/N-ethyl adjacent to an activating group) is 2. The molecule has 1 saturated carbocycles. The maximum Gasteiger partial charge on any atom is 0.0359 e. The van der Waals surface area contributed by atoms with E-state index in [1.807, 2.05) is 0 Å². The van der Waals surface area contributed by atoms with Crippen LogP contribution in [0.4, 0.5) is 0 Å². The van der Waals surface area contributed by atoms with Crippen LogP contribution in [0.25, 0.3) is 0 Å². The van der Waals surface area contributed by atoms with Gasteiger partial charge in [0.2, 0.25) is 0 Å². The van der Waals surface area contributed by atoms with E-state index in [0.29, 0.717) is 11.6 Å². The van der Waals surface area contributed by atoms with Gasteiger partial charge < -0.3 is 10.2 Å². The molecule has 0 radical (unpaired) electrons. The number of hydrogen-bond donors (Lipinski definition) is 1. The first-order valence-corrected chi connectivity index (χ1v) is 7.49. The van der Waals surface area contributed by atoms with Crippen LogP contribution in [0.1, 0.15) is 36.8 Å². The highest BCUT2D eigenvalue weighted by molar-refractivity contribution is 5.27. The highest BCUT2D eigenvalue weighted by Gasteiger charge is 2.42. The number of rotatable bonds is 5. The molecule has 1 aromatic rings. The van der Waals surface area contributed by atoms with Crippen LogP contribution in [0.5, 0.6) is 0 Å². The molecule has 1 fully saturated rings. The molecule has 0 spiro atoms. The van der Waals surface area contributed by atoms with E-state index in [-0.39, 0.29) is 0 Å². The lowest BCUT2D eigenvalue weighted by atomic mass is 9.82. The van der Waals surface area contributed by atoms with E-state index in [1.165, 1.54) is 36.8 Å². The molecule has 1 aromatic carbocycles. The fourth-order valence-corrected chi connectivity index (χ4v) is 3.71. The van der Waals surface area contributed by atoms with Gasteiger partial charge in [0.05, 0.1) is 0 Å². The van der Waals surface area contributed by atoms with Crippen molar-refractivity contribution in [2.75, 3.05) is 21.1 Å². The molecule has 1 unspecified atom stereocenters. The van der Waals surface area contributed by atoms with Gasteiger partial charge in [-0.1, -0.05) is 37.1 Å². The van der Waals surface area contributed by atoms with Crippen molar-refractivity contribution in [1.82, 2.24) is 10.2 Å². The highest BCUT2D eigenvalue weighted by atomic mass is 15.2. The quantitative estimate of drug-likeness (QED) is 0.875. The molecule has 0 aromatic heterocycles. The minimum absolute atomic E-state index is 0.330. The second kappa shape index (κ2) is 6.06. The van der Waals surface area contributed by atoms with E-state index in [4.69, 9.17) is 0 Å². The molecule has 0 heterocycles. The van der Waals surface area contributed by atoms with Gasteiger partial charge in [0.25, 0.3) is 0 Å². The Kier molecular flexibility index (Phi) is 4.64. The normalized spacial score (nSPS) is 19.8. The molecule has 1 atom stereocenters. The number of nitrogens with one attached hydrogen (secondary N) is 1. The Balaban J connectivity index is 2.22. The summed E-state index contributed by atoms with van der Waals surface area (Å²) in [5.74, 6) is 0. The smallest absolute Gasteiger partial charge is 0.0359 e. The molecule has 1 N–H and O–H groups in total. The zero-order valence-corrected chi connectivity index (χ0v) is 12.9. The van der Waals surface area contributed by atoms with Gasteiger partial charge in [-0.2, -0.15) is 0 Å². The largest absolute Gasteiger partial charge is 0.315 e.